The van der Waals surface area contributed by atoms with Crippen LogP contribution < -0.4 is 16.0 Å². The Labute approximate surface area is 102 Å². The quantitative estimate of drug-likeness (QED) is 0.462. The third-order valence-corrected chi connectivity index (χ3v) is 2.41. The third-order valence-electron chi connectivity index (χ3n) is 2.41. The van der Waals surface area contributed by atoms with Crippen LogP contribution >= 0.6 is 0 Å². The van der Waals surface area contributed by atoms with E-state index in [4.69, 9.17) is 5.73 Å². The van der Waals surface area contributed by atoms with Crippen LogP contribution in [0.4, 0.5) is 11.4 Å². The van der Waals surface area contributed by atoms with E-state index in [1.165, 1.54) is 0 Å². The summed E-state index contributed by atoms with van der Waals surface area (Å²) in [6.07, 6.45) is 2.53. The van der Waals surface area contributed by atoms with Gasteiger partial charge in [0, 0.05) is 26.2 Å². The lowest BCUT2D eigenvalue weighted by molar-refractivity contribution is 0.0954. The first-order valence-electron chi connectivity index (χ1n) is 5.52. The summed E-state index contributed by atoms with van der Waals surface area (Å²) in [5.41, 5.74) is 7.97. The first-order valence-corrected chi connectivity index (χ1v) is 5.52. The highest BCUT2D eigenvalue weighted by molar-refractivity contribution is 5.96. The van der Waals surface area contributed by atoms with Crippen molar-refractivity contribution in [2.45, 2.75) is 6.42 Å². The molecule has 0 heterocycles. The monoisotopic (exact) mass is 233 g/mol. The van der Waals surface area contributed by atoms with E-state index in [2.05, 4.69) is 11.9 Å². The van der Waals surface area contributed by atoms with E-state index in [9.17, 15) is 4.79 Å². The molecule has 0 unspecified atom stereocenters. The highest BCUT2D eigenvalue weighted by Gasteiger charge is 2.08. The number of nitrogens with two attached hydrogens (primary N) is 1. The van der Waals surface area contributed by atoms with E-state index < -0.39 is 0 Å². The van der Waals surface area contributed by atoms with Gasteiger partial charge >= 0.3 is 0 Å². The lowest BCUT2D eigenvalue weighted by Crippen LogP contribution is -2.24. The summed E-state index contributed by atoms with van der Waals surface area (Å²) in [7, 11) is 3.82. The number of benzene rings is 1. The maximum atomic E-state index is 11.7. The number of anilines is 2. The maximum absolute atomic E-state index is 11.7. The molecule has 0 spiro atoms. The molecular formula is C13H19N3O. The van der Waals surface area contributed by atoms with E-state index in [0.29, 0.717) is 17.8 Å². The Hall–Kier alpha value is -1.97. The van der Waals surface area contributed by atoms with Crippen molar-refractivity contribution in [3.05, 3.63) is 36.4 Å². The van der Waals surface area contributed by atoms with Crippen molar-refractivity contribution in [2.75, 3.05) is 31.3 Å². The van der Waals surface area contributed by atoms with Crippen molar-refractivity contribution in [1.82, 2.24) is 5.32 Å². The van der Waals surface area contributed by atoms with Crippen LogP contribution in [0.3, 0.4) is 0 Å². The molecule has 0 saturated heterocycles. The van der Waals surface area contributed by atoms with Gasteiger partial charge in [-0.15, -0.1) is 6.58 Å². The van der Waals surface area contributed by atoms with E-state index in [1.807, 2.05) is 25.1 Å². The van der Waals surface area contributed by atoms with Crippen LogP contribution in [0.2, 0.25) is 0 Å². The Morgan fingerprint density at radius 2 is 2.24 bits per heavy atom. The predicted molar refractivity (Wildman–Crippen MR) is 72.3 cm³/mol. The van der Waals surface area contributed by atoms with Crippen molar-refractivity contribution in [1.29, 1.82) is 0 Å². The molecule has 0 atom stereocenters. The van der Waals surface area contributed by atoms with Gasteiger partial charge in [-0.05, 0) is 24.6 Å². The summed E-state index contributed by atoms with van der Waals surface area (Å²) < 4.78 is 0. The van der Waals surface area contributed by atoms with E-state index in [-0.39, 0.29) is 5.91 Å². The Kier molecular flexibility index (Phi) is 4.57. The van der Waals surface area contributed by atoms with Gasteiger partial charge in [0.1, 0.15) is 0 Å². The molecule has 3 N–H and O–H groups in total. The van der Waals surface area contributed by atoms with E-state index in [1.54, 1.807) is 18.2 Å². The zero-order valence-electron chi connectivity index (χ0n) is 10.4. The standard InChI is InChI=1S/C13H19N3O/c1-4-5-8-15-13(17)10-6-7-12(16(2)3)11(14)9-10/h4,6-7,9H,1,5,8,14H2,2-3H3,(H,15,17). The summed E-state index contributed by atoms with van der Waals surface area (Å²) in [4.78, 5) is 13.6. The molecule has 0 aromatic heterocycles. The minimum atomic E-state index is -0.108. The molecule has 17 heavy (non-hydrogen) atoms. The molecule has 0 aliphatic rings. The van der Waals surface area contributed by atoms with Crippen LogP contribution in [0.25, 0.3) is 0 Å². The molecule has 1 aromatic carbocycles. The van der Waals surface area contributed by atoms with Crippen LogP contribution in [0.15, 0.2) is 30.9 Å². The van der Waals surface area contributed by atoms with Gasteiger partial charge in [-0.25, -0.2) is 0 Å². The first kappa shape index (κ1) is 13.1. The van der Waals surface area contributed by atoms with Crippen molar-refractivity contribution >= 4 is 17.3 Å². The Morgan fingerprint density at radius 3 is 2.76 bits per heavy atom. The number of amides is 1. The molecule has 0 bridgehead atoms. The number of nitrogens with one attached hydrogen (secondary N) is 1. The molecule has 1 amide bonds. The fourth-order valence-corrected chi connectivity index (χ4v) is 1.49. The molecule has 0 aliphatic carbocycles. The van der Waals surface area contributed by atoms with Gasteiger partial charge in [0.2, 0.25) is 0 Å². The fourth-order valence-electron chi connectivity index (χ4n) is 1.49. The number of nitrogens with zero attached hydrogens (tertiary/aromatic N) is 1. The summed E-state index contributed by atoms with van der Waals surface area (Å²) in [6, 6.07) is 5.31. The molecule has 4 nitrogen and oxygen atoms in total. The van der Waals surface area contributed by atoms with Crippen molar-refractivity contribution in [3.63, 3.8) is 0 Å². The second kappa shape index (κ2) is 5.94. The molecular weight excluding hydrogens is 214 g/mol. The molecule has 1 rings (SSSR count). The molecule has 92 valence electrons. The summed E-state index contributed by atoms with van der Waals surface area (Å²) in [5.74, 6) is -0.108. The number of carbonyl (C=O) groups excluding carboxylic acids is 1. The number of hydrogen-bond acceptors (Lipinski definition) is 3. The molecule has 1 aromatic rings. The van der Waals surface area contributed by atoms with Gasteiger partial charge in [0.25, 0.3) is 5.91 Å². The normalized spacial score (nSPS) is 9.76. The van der Waals surface area contributed by atoms with Crippen molar-refractivity contribution < 1.29 is 4.79 Å². The number of rotatable bonds is 5. The Morgan fingerprint density at radius 1 is 1.53 bits per heavy atom. The summed E-state index contributed by atoms with van der Waals surface area (Å²) in [5, 5.41) is 2.80. The Bertz CT molecular complexity index is 413. The minimum Gasteiger partial charge on any atom is -0.397 e. The highest BCUT2D eigenvalue weighted by Crippen LogP contribution is 2.22. The number of carbonyl (C=O) groups is 1. The second-order valence-electron chi connectivity index (χ2n) is 4.00. The third kappa shape index (κ3) is 3.52. The second-order valence-corrected chi connectivity index (χ2v) is 4.00. The van der Waals surface area contributed by atoms with Crippen LogP contribution in [0.5, 0.6) is 0 Å². The van der Waals surface area contributed by atoms with Crippen LogP contribution in [0, 0.1) is 0 Å². The average Bonchev–Trinajstić information content (AvgIpc) is 2.28. The number of nitrogen functional groups attached to an aromatic ring is 1. The van der Waals surface area contributed by atoms with Gasteiger partial charge < -0.3 is 16.0 Å². The number of hydrogen-bond donors (Lipinski definition) is 2. The fraction of sp³-hybridized carbons (Fsp3) is 0.308. The van der Waals surface area contributed by atoms with Crippen LogP contribution in [-0.2, 0) is 0 Å². The Balaban J connectivity index is 2.75. The molecule has 0 aliphatic heterocycles. The smallest absolute Gasteiger partial charge is 0.251 e. The maximum Gasteiger partial charge on any atom is 0.251 e. The van der Waals surface area contributed by atoms with Crippen molar-refractivity contribution in [2.24, 2.45) is 0 Å². The van der Waals surface area contributed by atoms with E-state index in [0.717, 1.165) is 12.1 Å². The van der Waals surface area contributed by atoms with Gasteiger partial charge in [-0.1, -0.05) is 6.08 Å². The highest BCUT2D eigenvalue weighted by atomic mass is 16.1. The van der Waals surface area contributed by atoms with E-state index >= 15 is 0 Å². The van der Waals surface area contributed by atoms with Crippen molar-refractivity contribution in [3.8, 4) is 0 Å². The largest absolute Gasteiger partial charge is 0.397 e. The first-order chi connectivity index (χ1) is 8.06. The van der Waals surface area contributed by atoms with Gasteiger partial charge in [0.05, 0.1) is 11.4 Å². The van der Waals surface area contributed by atoms with Crippen LogP contribution in [0.1, 0.15) is 16.8 Å². The topological polar surface area (TPSA) is 58.4 Å². The summed E-state index contributed by atoms with van der Waals surface area (Å²) >= 11 is 0. The lowest BCUT2D eigenvalue weighted by atomic mass is 10.1. The minimum absolute atomic E-state index is 0.108. The zero-order valence-corrected chi connectivity index (χ0v) is 10.4. The zero-order chi connectivity index (χ0) is 12.8. The SMILES string of the molecule is C=CCCNC(=O)c1ccc(N(C)C)c(N)c1. The molecule has 0 fully saturated rings. The average molecular weight is 233 g/mol. The van der Waals surface area contributed by atoms with Gasteiger partial charge in [-0.2, -0.15) is 0 Å². The summed E-state index contributed by atoms with van der Waals surface area (Å²) in [6.45, 7) is 4.19. The molecule has 0 saturated carbocycles. The molecule has 4 heteroatoms. The lowest BCUT2D eigenvalue weighted by Gasteiger charge is -2.15. The van der Waals surface area contributed by atoms with Gasteiger partial charge in [0.15, 0.2) is 0 Å². The predicted octanol–water partition coefficient (Wildman–Crippen LogP) is 1.64. The molecule has 0 radical (unpaired) electrons. The van der Waals surface area contributed by atoms with Gasteiger partial charge in [-0.3, -0.25) is 4.79 Å². The van der Waals surface area contributed by atoms with Crippen LogP contribution in [-0.4, -0.2) is 26.5 Å².